The van der Waals surface area contributed by atoms with Gasteiger partial charge in [0.15, 0.2) is 0 Å². The van der Waals surface area contributed by atoms with E-state index in [1.54, 1.807) is 0 Å². The zero-order valence-corrected chi connectivity index (χ0v) is 10.3. The number of benzene rings is 2. The highest BCUT2D eigenvalue weighted by Crippen LogP contribution is 2.22. The van der Waals surface area contributed by atoms with E-state index in [1.165, 1.54) is 11.3 Å². The predicted octanol–water partition coefficient (Wildman–Crippen LogP) is 4.17. The van der Waals surface area contributed by atoms with Crippen molar-refractivity contribution in [3.63, 3.8) is 0 Å². The van der Waals surface area contributed by atoms with E-state index in [1.807, 2.05) is 18.2 Å². The van der Waals surface area contributed by atoms with E-state index in [0.29, 0.717) is 0 Å². The van der Waals surface area contributed by atoms with Crippen molar-refractivity contribution in [2.75, 3.05) is 17.2 Å². The maximum Gasteiger partial charge on any atom is 0.0388 e. The zero-order valence-electron chi connectivity index (χ0n) is 10.3. The highest BCUT2D eigenvalue weighted by molar-refractivity contribution is 5.65. The minimum atomic E-state index is 0.951. The molecule has 2 N–H and O–H groups in total. The fraction of sp³-hybridized carbons (Fsp3) is 0.200. The van der Waals surface area contributed by atoms with Crippen LogP contribution in [-0.4, -0.2) is 6.54 Å². The van der Waals surface area contributed by atoms with Crippen LogP contribution < -0.4 is 10.6 Å². The van der Waals surface area contributed by atoms with Crippen LogP contribution in [0.5, 0.6) is 0 Å². The number of aryl methyl sites for hydroxylation is 1. The van der Waals surface area contributed by atoms with Gasteiger partial charge in [-0.1, -0.05) is 18.2 Å². The van der Waals surface area contributed by atoms with Crippen LogP contribution in [0.1, 0.15) is 12.5 Å². The number of para-hydroxylation sites is 1. The molecule has 0 saturated heterocycles. The third-order valence-electron chi connectivity index (χ3n) is 2.66. The van der Waals surface area contributed by atoms with Crippen LogP contribution in [0.25, 0.3) is 0 Å². The SMILES string of the molecule is CCNc1ccc(Nc2ccccc2)cc1C. The summed E-state index contributed by atoms with van der Waals surface area (Å²) in [4.78, 5) is 0. The van der Waals surface area contributed by atoms with Gasteiger partial charge in [0, 0.05) is 23.6 Å². The highest BCUT2D eigenvalue weighted by atomic mass is 14.9. The summed E-state index contributed by atoms with van der Waals surface area (Å²) < 4.78 is 0. The normalized spacial score (nSPS) is 10.0. The first-order valence-electron chi connectivity index (χ1n) is 5.96. The molecule has 0 aliphatic rings. The van der Waals surface area contributed by atoms with Gasteiger partial charge in [0.1, 0.15) is 0 Å². The van der Waals surface area contributed by atoms with Crippen molar-refractivity contribution in [1.29, 1.82) is 0 Å². The van der Waals surface area contributed by atoms with E-state index in [-0.39, 0.29) is 0 Å². The summed E-state index contributed by atoms with van der Waals surface area (Å²) in [7, 11) is 0. The quantitative estimate of drug-likeness (QED) is 0.817. The van der Waals surface area contributed by atoms with E-state index in [0.717, 1.165) is 17.9 Å². The maximum atomic E-state index is 3.39. The van der Waals surface area contributed by atoms with Crippen molar-refractivity contribution < 1.29 is 0 Å². The summed E-state index contributed by atoms with van der Waals surface area (Å²) in [5, 5.41) is 6.73. The van der Waals surface area contributed by atoms with Gasteiger partial charge in [0.05, 0.1) is 0 Å². The van der Waals surface area contributed by atoms with Crippen LogP contribution in [0, 0.1) is 6.92 Å². The highest BCUT2D eigenvalue weighted by Gasteiger charge is 1.99. The summed E-state index contributed by atoms with van der Waals surface area (Å²) >= 11 is 0. The molecule has 0 heterocycles. The fourth-order valence-corrected chi connectivity index (χ4v) is 1.82. The van der Waals surface area contributed by atoms with Gasteiger partial charge < -0.3 is 10.6 Å². The molecule has 2 nitrogen and oxygen atoms in total. The van der Waals surface area contributed by atoms with Gasteiger partial charge in [0.2, 0.25) is 0 Å². The van der Waals surface area contributed by atoms with Gasteiger partial charge in [-0.15, -0.1) is 0 Å². The Bertz CT molecular complexity index is 478. The summed E-state index contributed by atoms with van der Waals surface area (Å²) in [5.41, 5.74) is 4.69. The number of nitrogens with one attached hydrogen (secondary N) is 2. The molecule has 2 heteroatoms. The Morgan fingerprint density at radius 2 is 1.71 bits per heavy atom. The van der Waals surface area contributed by atoms with Crippen molar-refractivity contribution in [2.24, 2.45) is 0 Å². The lowest BCUT2D eigenvalue weighted by atomic mass is 10.1. The molecule has 88 valence electrons. The third kappa shape index (κ3) is 3.00. The Morgan fingerprint density at radius 3 is 2.35 bits per heavy atom. The monoisotopic (exact) mass is 226 g/mol. The molecule has 17 heavy (non-hydrogen) atoms. The fourth-order valence-electron chi connectivity index (χ4n) is 1.82. The van der Waals surface area contributed by atoms with Gasteiger partial charge in [0.25, 0.3) is 0 Å². The minimum absolute atomic E-state index is 0.951. The van der Waals surface area contributed by atoms with Gasteiger partial charge in [-0.2, -0.15) is 0 Å². The molecular weight excluding hydrogens is 208 g/mol. The van der Waals surface area contributed by atoms with E-state index in [2.05, 4.69) is 54.8 Å². The number of rotatable bonds is 4. The van der Waals surface area contributed by atoms with Crippen LogP contribution in [0.15, 0.2) is 48.5 Å². The molecule has 0 spiro atoms. The van der Waals surface area contributed by atoms with Crippen molar-refractivity contribution >= 4 is 17.1 Å². The molecule has 2 aromatic rings. The first-order valence-corrected chi connectivity index (χ1v) is 5.96. The number of anilines is 3. The molecule has 2 rings (SSSR count). The Hall–Kier alpha value is -1.96. The Kier molecular flexibility index (Phi) is 3.66. The van der Waals surface area contributed by atoms with Crippen LogP contribution in [0.3, 0.4) is 0 Å². The Labute approximate surface area is 103 Å². The Morgan fingerprint density at radius 1 is 0.941 bits per heavy atom. The van der Waals surface area contributed by atoms with E-state index in [4.69, 9.17) is 0 Å². The maximum absolute atomic E-state index is 3.39. The molecule has 0 bridgehead atoms. The van der Waals surface area contributed by atoms with E-state index >= 15 is 0 Å². The smallest absolute Gasteiger partial charge is 0.0388 e. The van der Waals surface area contributed by atoms with Gasteiger partial charge in [-0.25, -0.2) is 0 Å². The standard InChI is InChI=1S/C15H18N2/c1-3-16-15-10-9-14(11-12(15)2)17-13-7-5-4-6-8-13/h4-11,16-17H,3H2,1-2H3. The van der Waals surface area contributed by atoms with Crippen LogP contribution in [-0.2, 0) is 0 Å². The van der Waals surface area contributed by atoms with Crippen molar-refractivity contribution in [3.8, 4) is 0 Å². The molecular formula is C15H18N2. The summed E-state index contributed by atoms with van der Waals surface area (Å²) in [6, 6.07) is 16.6. The topological polar surface area (TPSA) is 24.1 Å². The second-order valence-electron chi connectivity index (χ2n) is 4.05. The van der Waals surface area contributed by atoms with Crippen LogP contribution >= 0.6 is 0 Å². The molecule has 0 unspecified atom stereocenters. The largest absolute Gasteiger partial charge is 0.385 e. The summed E-state index contributed by atoms with van der Waals surface area (Å²) in [5.74, 6) is 0. The van der Waals surface area contributed by atoms with Crippen LogP contribution in [0.2, 0.25) is 0 Å². The molecule has 0 aromatic heterocycles. The molecule has 0 radical (unpaired) electrons. The lowest BCUT2D eigenvalue weighted by molar-refractivity contribution is 1.20. The molecule has 0 amide bonds. The number of hydrogen-bond donors (Lipinski definition) is 2. The molecule has 0 aliphatic heterocycles. The first kappa shape index (κ1) is 11.5. The van der Waals surface area contributed by atoms with Gasteiger partial charge in [-0.3, -0.25) is 0 Å². The molecule has 0 fully saturated rings. The average molecular weight is 226 g/mol. The minimum Gasteiger partial charge on any atom is -0.385 e. The van der Waals surface area contributed by atoms with E-state index in [9.17, 15) is 0 Å². The van der Waals surface area contributed by atoms with Gasteiger partial charge in [-0.05, 0) is 49.7 Å². The second-order valence-corrected chi connectivity index (χ2v) is 4.05. The predicted molar refractivity (Wildman–Crippen MR) is 75.1 cm³/mol. The van der Waals surface area contributed by atoms with Gasteiger partial charge >= 0.3 is 0 Å². The molecule has 0 saturated carbocycles. The van der Waals surface area contributed by atoms with Crippen molar-refractivity contribution in [2.45, 2.75) is 13.8 Å². The average Bonchev–Trinajstić information content (AvgIpc) is 2.34. The zero-order chi connectivity index (χ0) is 12.1. The van der Waals surface area contributed by atoms with Crippen molar-refractivity contribution in [3.05, 3.63) is 54.1 Å². The van der Waals surface area contributed by atoms with Crippen molar-refractivity contribution in [1.82, 2.24) is 0 Å². The molecule has 0 atom stereocenters. The summed E-state index contributed by atoms with van der Waals surface area (Å²) in [6.45, 7) is 5.18. The van der Waals surface area contributed by atoms with Crippen LogP contribution in [0.4, 0.5) is 17.1 Å². The number of hydrogen-bond acceptors (Lipinski definition) is 2. The Balaban J connectivity index is 2.15. The van der Waals surface area contributed by atoms with E-state index < -0.39 is 0 Å². The lowest BCUT2D eigenvalue weighted by Gasteiger charge is -2.11. The first-order chi connectivity index (χ1) is 8.29. The lowest BCUT2D eigenvalue weighted by Crippen LogP contribution is -1.99. The molecule has 0 aliphatic carbocycles. The molecule has 2 aromatic carbocycles. The second kappa shape index (κ2) is 5.39. The third-order valence-corrected chi connectivity index (χ3v) is 2.66. The summed E-state index contributed by atoms with van der Waals surface area (Å²) in [6.07, 6.45) is 0.